The highest BCUT2D eigenvalue weighted by Gasteiger charge is 2.24. The zero-order valence-electron chi connectivity index (χ0n) is 15.8. The standard InChI is InChI=1S/C21H23N5OS/c1-28-19-8-2-15(3-9-19)21(27)25-17-4-6-18(7-5-17)26-14-16(12-24-26)20-13-22-10-11-23-20/h2-3,8-14,17-18H,4-7H2,1H3,(H,25,27). The van der Waals surface area contributed by atoms with Gasteiger partial charge in [0.25, 0.3) is 5.91 Å². The van der Waals surface area contributed by atoms with Crippen molar-refractivity contribution in [3.8, 4) is 11.3 Å². The van der Waals surface area contributed by atoms with Gasteiger partial charge in [0.15, 0.2) is 0 Å². The molecule has 28 heavy (non-hydrogen) atoms. The van der Waals surface area contributed by atoms with E-state index in [9.17, 15) is 4.79 Å². The summed E-state index contributed by atoms with van der Waals surface area (Å²) in [6.45, 7) is 0. The normalized spacial score (nSPS) is 19.3. The lowest BCUT2D eigenvalue weighted by Gasteiger charge is -2.29. The quantitative estimate of drug-likeness (QED) is 0.664. The van der Waals surface area contributed by atoms with Crippen molar-refractivity contribution in [3.05, 3.63) is 60.8 Å². The Morgan fingerprint density at radius 1 is 1.11 bits per heavy atom. The number of carbonyl (C=O) groups is 1. The van der Waals surface area contributed by atoms with E-state index in [-0.39, 0.29) is 11.9 Å². The van der Waals surface area contributed by atoms with Gasteiger partial charge in [-0.2, -0.15) is 5.10 Å². The van der Waals surface area contributed by atoms with Crippen LogP contribution in [0.25, 0.3) is 11.3 Å². The van der Waals surface area contributed by atoms with Crippen molar-refractivity contribution < 1.29 is 4.79 Å². The highest BCUT2D eigenvalue weighted by molar-refractivity contribution is 7.98. The van der Waals surface area contributed by atoms with E-state index in [0.717, 1.165) is 47.4 Å². The second-order valence-electron chi connectivity index (χ2n) is 7.01. The molecule has 1 aromatic carbocycles. The maximum Gasteiger partial charge on any atom is 0.251 e. The molecular weight excluding hydrogens is 370 g/mol. The number of benzene rings is 1. The number of hydrogen-bond acceptors (Lipinski definition) is 5. The number of nitrogens with one attached hydrogen (secondary N) is 1. The summed E-state index contributed by atoms with van der Waals surface area (Å²) in [6.07, 6.45) is 14.9. The van der Waals surface area contributed by atoms with E-state index < -0.39 is 0 Å². The van der Waals surface area contributed by atoms with Gasteiger partial charge in [-0.05, 0) is 56.2 Å². The van der Waals surface area contributed by atoms with E-state index in [1.165, 1.54) is 0 Å². The number of hydrogen-bond donors (Lipinski definition) is 1. The molecule has 1 amide bonds. The lowest BCUT2D eigenvalue weighted by Crippen LogP contribution is -2.38. The van der Waals surface area contributed by atoms with Crippen molar-refractivity contribution in [1.82, 2.24) is 25.1 Å². The highest BCUT2D eigenvalue weighted by Crippen LogP contribution is 2.29. The van der Waals surface area contributed by atoms with E-state index >= 15 is 0 Å². The first kappa shape index (κ1) is 18.7. The van der Waals surface area contributed by atoms with Crippen molar-refractivity contribution in [1.29, 1.82) is 0 Å². The molecule has 1 aliphatic carbocycles. The number of rotatable bonds is 5. The molecule has 6 nitrogen and oxygen atoms in total. The van der Waals surface area contributed by atoms with Gasteiger partial charge in [-0.25, -0.2) is 0 Å². The lowest BCUT2D eigenvalue weighted by molar-refractivity contribution is 0.0921. The summed E-state index contributed by atoms with van der Waals surface area (Å²) in [5.41, 5.74) is 2.54. The number of thioether (sulfide) groups is 1. The van der Waals surface area contributed by atoms with Crippen LogP contribution in [0, 0.1) is 0 Å². The van der Waals surface area contributed by atoms with Crippen LogP contribution in [0.4, 0.5) is 0 Å². The largest absolute Gasteiger partial charge is 0.349 e. The molecule has 2 aromatic heterocycles. The predicted molar refractivity (Wildman–Crippen MR) is 110 cm³/mol. The second-order valence-corrected chi connectivity index (χ2v) is 7.89. The molecule has 0 spiro atoms. The van der Waals surface area contributed by atoms with Crippen molar-refractivity contribution in [2.75, 3.05) is 6.26 Å². The summed E-state index contributed by atoms with van der Waals surface area (Å²) in [5, 5.41) is 7.71. The van der Waals surface area contributed by atoms with Crippen LogP contribution in [0.2, 0.25) is 0 Å². The smallest absolute Gasteiger partial charge is 0.251 e. The molecule has 1 saturated carbocycles. The summed E-state index contributed by atoms with van der Waals surface area (Å²) in [7, 11) is 0. The molecule has 7 heteroatoms. The number of aromatic nitrogens is 4. The van der Waals surface area contributed by atoms with Gasteiger partial charge in [-0.15, -0.1) is 11.8 Å². The summed E-state index contributed by atoms with van der Waals surface area (Å²) in [6, 6.07) is 8.35. The third-order valence-electron chi connectivity index (χ3n) is 5.22. The first-order valence-corrected chi connectivity index (χ1v) is 10.7. The van der Waals surface area contributed by atoms with Gasteiger partial charge < -0.3 is 5.32 Å². The molecule has 1 N–H and O–H groups in total. The lowest BCUT2D eigenvalue weighted by atomic mass is 9.91. The van der Waals surface area contributed by atoms with E-state index in [1.54, 1.807) is 30.4 Å². The first-order valence-electron chi connectivity index (χ1n) is 9.48. The minimum Gasteiger partial charge on any atom is -0.349 e. The number of carbonyl (C=O) groups excluding carboxylic acids is 1. The van der Waals surface area contributed by atoms with Crippen LogP contribution in [0.3, 0.4) is 0 Å². The predicted octanol–water partition coefficient (Wildman–Crippen LogP) is 3.98. The average Bonchev–Trinajstić information content (AvgIpc) is 3.25. The fraction of sp³-hybridized carbons (Fsp3) is 0.333. The van der Waals surface area contributed by atoms with Gasteiger partial charge >= 0.3 is 0 Å². The molecule has 3 aromatic rings. The Labute approximate surface area is 168 Å². The van der Waals surface area contributed by atoms with Crippen molar-refractivity contribution >= 4 is 17.7 Å². The first-order chi connectivity index (χ1) is 13.7. The third kappa shape index (κ3) is 4.25. The maximum atomic E-state index is 12.5. The Morgan fingerprint density at radius 3 is 2.57 bits per heavy atom. The van der Waals surface area contributed by atoms with Crippen LogP contribution in [-0.4, -0.2) is 38.0 Å². The van der Waals surface area contributed by atoms with Crippen molar-refractivity contribution in [2.45, 2.75) is 42.7 Å². The Hall–Kier alpha value is -2.67. The Kier molecular flexibility index (Phi) is 5.71. The molecule has 1 fully saturated rings. The molecule has 0 bridgehead atoms. The van der Waals surface area contributed by atoms with Crippen LogP contribution in [0.5, 0.6) is 0 Å². The number of nitrogens with zero attached hydrogens (tertiary/aromatic N) is 4. The van der Waals surface area contributed by atoms with Crippen molar-refractivity contribution in [2.24, 2.45) is 0 Å². The molecule has 2 heterocycles. The maximum absolute atomic E-state index is 12.5. The Bertz CT molecular complexity index is 917. The summed E-state index contributed by atoms with van der Waals surface area (Å²) in [4.78, 5) is 22.1. The summed E-state index contributed by atoms with van der Waals surface area (Å²) in [5.74, 6) is 0.0140. The number of amides is 1. The molecule has 4 rings (SSSR count). The van der Waals surface area contributed by atoms with Gasteiger partial charge in [0, 0.05) is 40.7 Å². The van der Waals surface area contributed by atoms with E-state index in [0.29, 0.717) is 6.04 Å². The van der Waals surface area contributed by atoms with Crippen LogP contribution in [0.1, 0.15) is 42.1 Å². The molecule has 0 radical (unpaired) electrons. The Morgan fingerprint density at radius 2 is 1.89 bits per heavy atom. The molecule has 0 atom stereocenters. The van der Waals surface area contributed by atoms with Crippen LogP contribution >= 0.6 is 11.8 Å². The van der Waals surface area contributed by atoms with Gasteiger partial charge in [-0.1, -0.05) is 0 Å². The minimum absolute atomic E-state index is 0.0140. The molecule has 1 aliphatic rings. The van der Waals surface area contributed by atoms with Crippen LogP contribution in [0.15, 0.2) is 60.1 Å². The third-order valence-corrected chi connectivity index (χ3v) is 5.96. The summed E-state index contributed by atoms with van der Waals surface area (Å²) < 4.78 is 2.03. The van der Waals surface area contributed by atoms with Gasteiger partial charge in [-0.3, -0.25) is 19.4 Å². The fourth-order valence-corrected chi connectivity index (χ4v) is 4.02. The van der Waals surface area contributed by atoms with E-state index in [1.807, 2.05) is 47.6 Å². The molecular formula is C21H23N5OS. The van der Waals surface area contributed by atoms with Gasteiger partial charge in [0.05, 0.1) is 24.1 Å². The zero-order chi connectivity index (χ0) is 19.3. The second kappa shape index (κ2) is 8.56. The molecule has 0 unspecified atom stereocenters. The average molecular weight is 394 g/mol. The minimum atomic E-state index is 0.0140. The summed E-state index contributed by atoms with van der Waals surface area (Å²) >= 11 is 1.68. The molecule has 144 valence electrons. The fourth-order valence-electron chi connectivity index (χ4n) is 3.61. The zero-order valence-corrected chi connectivity index (χ0v) is 16.6. The van der Waals surface area contributed by atoms with Gasteiger partial charge in [0.1, 0.15) is 0 Å². The van der Waals surface area contributed by atoms with Crippen molar-refractivity contribution in [3.63, 3.8) is 0 Å². The monoisotopic (exact) mass is 393 g/mol. The topological polar surface area (TPSA) is 72.7 Å². The van der Waals surface area contributed by atoms with E-state index in [2.05, 4.69) is 20.4 Å². The highest BCUT2D eigenvalue weighted by atomic mass is 32.2. The molecule has 0 aliphatic heterocycles. The van der Waals surface area contributed by atoms with Gasteiger partial charge in [0.2, 0.25) is 0 Å². The SMILES string of the molecule is CSc1ccc(C(=O)NC2CCC(n3cc(-c4cnccn4)cn3)CC2)cc1. The van der Waals surface area contributed by atoms with E-state index in [4.69, 9.17) is 0 Å². The van der Waals surface area contributed by atoms with Crippen LogP contribution < -0.4 is 5.32 Å². The molecule has 0 saturated heterocycles. The Balaban J connectivity index is 1.32. The van der Waals surface area contributed by atoms with Crippen LogP contribution in [-0.2, 0) is 0 Å².